The fourth-order valence-electron chi connectivity index (χ4n) is 1.92. The molecule has 0 aromatic heterocycles. The summed E-state index contributed by atoms with van der Waals surface area (Å²) in [4.78, 5) is 2.24. The largest absolute Gasteiger partial charge is 0.503 e. The second kappa shape index (κ2) is 4.02. The molecule has 1 aliphatic rings. The van der Waals surface area contributed by atoms with Gasteiger partial charge in [0.1, 0.15) is 0 Å². The van der Waals surface area contributed by atoms with Crippen LogP contribution in [0.3, 0.4) is 0 Å². The van der Waals surface area contributed by atoms with Gasteiger partial charge < -0.3 is 14.7 Å². The number of aromatic hydroxyl groups is 1. The number of phenolic OH excluding ortho intramolecular Hbond substituents is 1. The number of halogens is 1. The van der Waals surface area contributed by atoms with E-state index in [9.17, 15) is 5.11 Å². The van der Waals surface area contributed by atoms with Crippen molar-refractivity contribution in [1.29, 1.82) is 0 Å². The number of benzene rings is 1. The van der Waals surface area contributed by atoms with Gasteiger partial charge in [0, 0.05) is 13.1 Å². The first kappa shape index (κ1) is 10.8. The Bertz CT molecular complexity index is 393. The molecule has 0 radical (unpaired) electrons. The zero-order valence-corrected chi connectivity index (χ0v) is 10.5. The molecule has 1 aromatic rings. The molecule has 15 heavy (non-hydrogen) atoms. The molecule has 0 unspecified atom stereocenters. The van der Waals surface area contributed by atoms with Gasteiger partial charge in [0.05, 0.1) is 11.6 Å². The molecular weight excluding hydrogens is 258 g/mol. The van der Waals surface area contributed by atoms with Crippen LogP contribution in [-0.4, -0.2) is 30.7 Å². The summed E-state index contributed by atoms with van der Waals surface area (Å²) >= 11 is 3.43. The maximum atomic E-state index is 9.85. The van der Waals surface area contributed by atoms with Crippen molar-refractivity contribution in [2.24, 2.45) is 0 Å². The minimum atomic E-state index is 0.201. The molecule has 3 nitrogen and oxygen atoms in total. The Morgan fingerprint density at radius 3 is 2.93 bits per heavy atom. The van der Waals surface area contributed by atoms with E-state index >= 15 is 0 Å². The van der Waals surface area contributed by atoms with Crippen LogP contribution in [0.25, 0.3) is 0 Å². The Balaban J connectivity index is 2.53. The van der Waals surface area contributed by atoms with E-state index in [-0.39, 0.29) is 5.75 Å². The molecule has 2 rings (SSSR count). The van der Waals surface area contributed by atoms with Gasteiger partial charge in [0.25, 0.3) is 0 Å². The third kappa shape index (κ3) is 1.84. The summed E-state index contributed by atoms with van der Waals surface area (Å²) in [6.45, 7) is 1.92. The van der Waals surface area contributed by atoms with Gasteiger partial charge >= 0.3 is 0 Å². The van der Waals surface area contributed by atoms with Crippen molar-refractivity contribution < 1.29 is 9.84 Å². The molecule has 1 aromatic carbocycles. The molecule has 0 saturated heterocycles. The first-order valence-corrected chi connectivity index (χ1v) is 5.68. The first-order chi connectivity index (χ1) is 7.13. The van der Waals surface area contributed by atoms with E-state index in [4.69, 9.17) is 4.74 Å². The molecule has 0 aliphatic carbocycles. The van der Waals surface area contributed by atoms with Crippen LogP contribution >= 0.6 is 15.9 Å². The number of rotatable bonds is 1. The summed E-state index contributed by atoms with van der Waals surface area (Å²) in [5.74, 6) is 0.747. The predicted octanol–water partition coefficient (Wildman–Crippen LogP) is 2.15. The maximum absolute atomic E-state index is 9.85. The summed E-state index contributed by atoms with van der Waals surface area (Å²) in [5, 5.41) is 9.85. The van der Waals surface area contributed by atoms with Gasteiger partial charge in [-0.2, -0.15) is 0 Å². The summed E-state index contributed by atoms with van der Waals surface area (Å²) in [5.41, 5.74) is 2.43. The lowest BCUT2D eigenvalue weighted by atomic mass is 9.99. The minimum Gasteiger partial charge on any atom is -0.503 e. The number of phenols is 1. The number of fused-ring (bicyclic) bond motifs is 1. The van der Waals surface area contributed by atoms with Gasteiger partial charge in [-0.15, -0.1) is 0 Å². The summed E-state index contributed by atoms with van der Waals surface area (Å²) in [6.07, 6.45) is 1.00. The van der Waals surface area contributed by atoms with Gasteiger partial charge in [-0.3, -0.25) is 0 Å². The number of ether oxygens (including phenoxy) is 1. The number of hydrogen-bond donors (Lipinski definition) is 1. The van der Waals surface area contributed by atoms with Crippen LogP contribution in [0.2, 0.25) is 0 Å². The van der Waals surface area contributed by atoms with Crippen LogP contribution in [0.1, 0.15) is 11.1 Å². The minimum absolute atomic E-state index is 0.201. The van der Waals surface area contributed by atoms with Crippen molar-refractivity contribution in [1.82, 2.24) is 4.90 Å². The fourth-order valence-corrected chi connectivity index (χ4v) is 2.49. The molecular formula is C11H14BrNO2. The molecule has 0 bridgehead atoms. The second-order valence-corrected chi connectivity index (χ2v) is 4.66. The molecule has 1 heterocycles. The van der Waals surface area contributed by atoms with Gasteiger partial charge in [-0.05, 0) is 46.6 Å². The number of methoxy groups -OCH3 is 1. The molecule has 1 N–H and O–H groups in total. The van der Waals surface area contributed by atoms with Crippen molar-refractivity contribution in [2.75, 3.05) is 20.7 Å². The third-order valence-electron chi connectivity index (χ3n) is 2.81. The van der Waals surface area contributed by atoms with Crippen molar-refractivity contribution in [3.05, 3.63) is 21.7 Å². The highest BCUT2D eigenvalue weighted by molar-refractivity contribution is 9.10. The Morgan fingerprint density at radius 1 is 1.53 bits per heavy atom. The third-order valence-corrected chi connectivity index (χ3v) is 3.66. The SMILES string of the molecule is COc1cc2c(c(Br)c1O)CN(C)CC2. The first-order valence-electron chi connectivity index (χ1n) is 4.89. The van der Waals surface area contributed by atoms with Crippen molar-refractivity contribution >= 4 is 15.9 Å². The molecule has 0 saturated carbocycles. The normalized spacial score (nSPS) is 16.2. The number of nitrogens with zero attached hydrogens (tertiary/aromatic N) is 1. The average molecular weight is 272 g/mol. The zero-order chi connectivity index (χ0) is 11.0. The van der Waals surface area contributed by atoms with E-state index in [1.54, 1.807) is 7.11 Å². The van der Waals surface area contributed by atoms with E-state index in [1.165, 1.54) is 11.1 Å². The molecule has 82 valence electrons. The molecule has 0 atom stereocenters. The quantitative estimate of drug-likeness (QED) is 0.850. The summed E-state index contributed by atoms with van der Waals surface area (Å²) in [7, 11) is 3.65. The second-order valence-electron chi connectivity index (χ2n) is 3.87. The molecule has 4 heteroatoms. The fraction of sp³-hybridized carbons (Fsp3) is 0.455. The Hall–Kier alpha value is -0.740. The zero-order valence-electron chi connectivity index (χ0n) is 8.88. The van der Waals surface area contributed by atoms with Gasteiger partial charge in [-0.25, -0.2) is 0 Å². The lowest BCUT2D eigenvalue weighted by Crippen LogP contribution is -2.26. The number of hydrogen-bond acceptors (Lipinski definition) is 3. The van der Waals surface area contributed by atoms with Gasteiger partial charge in [-0.1, -0.05) is 0 Å². The van der Waals surface area contributed by atoms with Crippen molar-refractivity contribution in [3.8, 4) is 11.5 Å². The van der Waals surface area contributed by atoms with Crippen molar-refractivity contribution in [2.45, 2.75) is 13.0 Å². The van der Waals surface area contributed by atoms with Crippen LogP contribution in [0.15, 0.2) is 10.5 Å². The van der Waals surface area contributed by atoms with E-state index in [1.807, 2.05) is 6.07 Å². The highest BCUT2D eigenvalue weighted by Gasteiger charge is 2.20. The Kier molecular flexibility index (Phi) is 2.89. The van der Waals surface area contributed by atoms with Crippen LogP contribution in [0, 0.1) is 0 Å². The maximum Gasteiger partial charge on any atom is 0.172 e. The van der Waals surface area contributed by atoms with Crippen LogP contribution in [0.4, 0.5) is 0 Å². The van der Waals surface area contributed by atoms with E-state index in [0.717, 1.165) is 24.0 Å². The molecule has 0 spiro atoms. The summed E-state index contributed by atoms with van der Waals surface area (Å²) in [6, 6.07) is 1.93. The van der Waals surface area contributed by atoms with Gasteiger partial charge in [0.15, 0.2) is 11.5 Å². The smallest absolute Gasteiger partial charge is 0.172 e. The molecule has 1 aliphatic heterocycles. The van der Waals surface area contributed by atoms with Crippen LogP contribution < -0.4 is 4.74 Å². The van der Waals surface area contributed by atoms with Crippen LogP contribution in [0.5, 0.6) is 11.5 Å². The highest BCUT2D eigenvalue weighted by atomic mass is 79.9. The van der Waals surface area contributed by atoms with E-state index in [2.05, 4.69) is 27.9 Å². The highest BCUT2D eigenvalue weighted by Crippen LogP contribution is 2.40. The van der Waals surface area contributed by atoms with Gasteiger partial charge in [0.2, 0.25) is 0 Å². The molecule has 0 amide bonds. The lowest BCUT2D eigenvalue weighted by Gasteiger charge is -2.26. The lowest BCUT2D eigenvalue weighted by molar-refractivity contribution is 0.308. The predicted molar refractivity (Wildman–Crippen MR) is 62.4 cm³/mol. The van der Waals surface area contributed by atoms with E-state index < -0.39 is 0 Å². The van der Waals surface area contributed by atoms with E-state index in [0.29, 0.717) is 5.75 Å². The molecule has 0 fully saturated rings. The Morgan fingerprint density at radius 2 is 2.27 bits per heavy atom. The van der Waals surface area contributed by atoms with Crippen LogP contribution in [-0.2, 0) is 13.0 Å². The van der Waals surface area contributed by atoms with Crippen molar-refractivity contribution in [3.63, 3.8) is 0 Å². The average Bonchev–Trinajstić information content (AvgIpc) is 2.24. The Labute approximate surface area is 97.8 Å². The number of likely N-dealkylation sites (N-methyl/N-ethyl adjacent to an activating group) is 1. The monoisotopic (exact) mass is 271 g/mol. The standard InChI is InChI=1S/C11H14BrNO2/c1-13-4-3-7-5-9(15-2)11(14)10(12)8(7)6-13/h5,14H,3-4,6H2,1-2H3. The summed E-state index contributed by atoms with van der Waals surface area (Å²) < 4.78 is 5.89. The topological polar surface area (TPSA) is 32.7 Å².